The van der Waals surface area contributed by atoms with Crippen molar-refractivity contribution >= 4 is 11.6 Å². The molecule has 3 N–H and O–H groups in total. The van der Waals surface area contributed by atoms with Crippen LogP contribution in [0.1, 0.15) is 13.8 Å². The standard InChI is InChI=1S/C12H18N2O2/c1-3-16-11-6-4-5-10(7-11)14-8-9(2)12(13)15/h4-7,9,14H,3,8H2,1-2H3,(H2,13,15). The van der Waals surface area contributed by atoms with Gasteiger partial charge in [-0.25, -0.2) is 0 Å². The third-order valence-corrected chi connectivity index (χ3v) is 2.24. The summed E-state index contributed by atoms with van der Waals surface area (Å²) in [7, 11) is 0. The van der Waals surface area contributed by atoms with Crippen molar-refractivity contribution in [3.8, 4) is 5.75 Å². The molecule has 1 unspecified atom stereocenters. The predicted molar refractivity (Wildman–Crippen MR) is 64.5 cm³/mol. The van der Waals surface area contributed by atoms with E-state index in [0.717, 1.165) is 11.4 Å². The molecule has 4 heteroatoms. The van der Waals surface area contributed by atoms with Gasteiger partial charge in [-0.2, -0.15) is 0 Å². The summed E-state index contributed by atoms with van der Waals surface area (Å²) >= 11 is 0. The number of nitrogens with one attached hydrogen (secondary N) is 1. The Morgan fingerprint density at radius 1 is 1.56 bits per heavy atom. The molecule has 16 heavy (non-hydrogen) atoms. The lowest BCUT2D eigenvalue weighted by atomic mass is 10.1. The summed E-state index contributed by atoms with van der Waals surface area (Å²) in [5.74, 6) is 0.337. The Balaban J connectivity index is 2.53. The predicted octanol–water partition coefficient (Wildman–Crippen LogP) is 1.62. The van der Waals surface area contributed by atoms with E-state index in [4.69, 9.17) is 10.5 Å². The van der Waals surface area contributed by atoms with Gasteiger partial charge < -0.3 is 15.8 Å². The number of anilines is 1. The van der Waals surface area contributed by atoms with E-state index in [1.807, 2.05) is 31.2 Å². The molecule has 1 aromatic carbocycles. The summed E-state index contributed by atoms with van der Waals surface area (Å²) in [5.41, 5.74) is 6.10. The van der Waals surface area contributed by atoms with Gasteiger partial charge in [0.1, 0.15) is 5.75 Å². The highest BCUT2D eigenvalue weighted by atomic mass is 16.5. The SMILES string of the molecule is CCOc1cccc(NCC(C)C(N)=O)c1. The molecule has 0 saturated heterocycles. The van der Waals surface area contributed by atoms with Crippen molar-refractivity contribution in [2.24, 2.45) is 11.7 Å². The van der Waals surface area contributed by atoms with Crippen LogP contribution in [0.2, 0.25) is 0 Å². The van der Waals surface area contributed by atoms with E-state index in [9.17, 15) is 4.79 Å². The number of hydrogen-bond donors (Lipinski definition) is 2. The highest BCUT2D eigenvalue weighted by molar-refractivity contribution is 5.76. The van der Waals surface area contributed by atoms with Crippen LogP contribution < -0.4 is 15.8 Å². The molecule has 1 rings (SSSR count). The summed E-state index contributed by atoms with van der Waals surface area (Å²) in [4.78, 5) is 10.8. The number of carbonyl (C=O) groups is 1. The van der Waals surface area contributed by atoms with Crippen molar-refractivity contribution < 1.29 is 9.53 Å². The molecular formula is C12H18N2O2. The van der Waals surface area contributed by atoms with Crippen LogP contribution in [0.4, 0.5) is 5.69 Å². The molecule has 0 saturated carbocycles. The number of nitrogens with two attached hydrogens (primary N) is 1. The quantitative estimate of drug-likeness (QED) is 0.768. The Labute approximate surface area is 95.8 Å². The number of ether oxygens (including phenoxy) is 1. The molecule has 0 heterocycles. The van der Waals surface area contributed by atoms with Crippen molar-refractivity contribution in [3.63, 3.8) is 0 Å². The van der Waals surface area contributed by atoms with Gasteiger partial charge >= 0.3 is 0 Å². The topological polar surface area (TPSA) is 64.3 Å². The summed E-state index contributed by atoms with van der Waals surface area (Å²) in [6, 6.07) is 7.63. The molecule has 1 atom stereocenters. The summed E-state index contributed by atoms with van der Waals surface area (Å²) < 4.78 is 5.37. The third-order valence-electron chi connectivity index (χ3n) is 2.24. The summed E-state index contributed by atoms with van der Waals surface area (Å²) in [6.07, 6.45) is 0. The largest absolute Gasteiger partial charge is 0.494 e. The van der Waals surface area contributed by atoms with E-state index in [0.29, 0.717) is 13.2 Å². The van der Waals surface area contributed by atoms with E-state index < -0.39 is 0 Å². The zero-order chi connectivity index (χ0) is 12.0. The first-order chi connectivity index (χ1) is 7.63. The molecule has 4 nitrogen and oxygen atoms in total. The fourth-order valence-corrected chi connectivity index (χ4v) is 1.23. The van der Waals surface area contributed by atoms with Gasteiger partial charge in [0, 0.05) is 18.3 Å². The Hall–Kier alpha value is -1.71. The lowest BCUT2D eigenvalue weighted by Crippen LogP contribution is -2.26. The second-order valence-corrected chi connectivity index (χ2v) is 3.65. The highest BCUT2D eigenvalue weighted by Crippen LogP contribution is 2.17. The Morgan fingerprint density at radius 2 is 2.31 bits per heavy atom. The molecule has 0 radical (unpaired) electrons. The van der Waals surface area contributed by atoms with E-state index >= 15 is 0 Å². The molecule has 1 amide bonds. The van der Waals surface area contributed by atoms with Crippen LogP contribution in [0.25, 0.3) is 0 Å². The van der Waals surface area contributed by atoms with Gasteiger partial charge in [0.25, 0.3) is 0 Å². The summed E-state index contributed by atoms with van der Waals surface area (Å²) in [5, 5.41) is 3.14. The number of rotatable bonds is 6. The monoisotopic (exact) mass is 222 g/mol. The van der Waals surface area contributed by atoms with E-state index in [1.165, 1.54) is 0 Å². The van der Waals surface area contributed by atoms with Crippen molar-refractivity contribution in [2.45, 2.75) is 13.8 Å². The maximum atomic E-state index is 10.8. The molecular weight excluding hydrogens is 204 g/mol. The molecule has 0 bridgehead atoms. The second-order valence-electron chi connectivity index (χ2n) is 3.65. The average Bonchev–Trinajstić information content (AvgIpc) is 2.26. The average molecular weight is 222 g/mol. The van der Waals surface area contributed by atoms with Crippen LogP contribution in [-0.2, 0) is 4.79 Å². The molecule has 0 aliphatic rings. The lowest BCUT2D eigenvalue weighted by molar-refractivity contribution is -0.120. The lowest BCUT2D eigenvalue weighted by Gasteiger charge is -2.11. The second kappa shape index (κ2) is 6.00. The molecule has 0 aliphatic carbocycles. The fourth-order valence-electron chi connectivity index (χ4n) is 1.23. The zero-order valence-corrected chi connectivity index (χ0v) is 9.69. The maximum Gasteiger partial charge on any atom is 0.222 e. The minimum atomic E-state index is -0.298. The first-order valence-corrected chi connectivity index (χ1v) is 5.39. The number of hydrogen-bond acceptors (Lipinski definition) is 3. The molecule has 0 aliphatic heterocycles. The minimum Gasteiger partial charge on any atom is -0.494 e. The fraction of sp³-hybridized carbons (Fsp3) is 0.417. The maximum absolute atomic E-state index is 10.8. The van der Waals surface area contributed by atoms with Crippen LogP contribution in [0, 0.1) is 5.92 Å². The van der Waals surface area contributed by atoms with E-state index in [-0.39, 0.29) is 11.8 Å². The molecule has 0 spiro atoms. The smallest absolute Gasteiger partial charge is 0.222 e. The van der Waals surface area contributed by atoms with Crippen molar-refractivity contribution in [3.05, 3.63) is 24.3 Å². The van der Waals surface area contributed by atoms with Gasteiger partial charge in [0.15, 0.2) is 0 Å². The van der Waals surface area contributed by atoms with Gasteiger partial charge in [-0.1, -0.05) is 13.0 Å². The first kappa shape index (κ1) is 12.4. The number of primary amides is 1. The molecule has 88 valence electrons. The van der Waals surface area contributed by atoms with Crippen LogP contribution >= 0.6 is 0 Å². The van der Waals surface area contributed by atoms with Crippen molar-refractivity contribution in [1.82, 2.24) is 0 Å². The van der Waals surface area contributed by atoms with Crippen LogP contribution in [0.5, 0.6) is 5.75 Å². The Kier molecular flexibility index (Phi) is 4.64. The van der Waals surface area contributed by atoms with Crippen LogP contribution in [0.3, 0.4) is 0 Å². The minimum absolute atomic E-state index is 0.184. The van der Waals surface area contributed by atoms with Gasteiger partial charge in [-0.15, -0.1) is 0 Å². The van der Waals surface area contributed by atoms with Crippen molar-refractivity contribution in [2.75, 3.05) is 18.5 Å². The zero-order valence-electron chi connectivity index (χ0n) is 9.69. The van der Waals surface area contributed by atoms with Gasteiger partial charge in [0.2, 0.25) is 5.91 Å². The Morgan fingerprint density at radius 3 is 2.94 bits per heavy atom. The van der Waals surface area contributed by atoms with Gasteiger partial charge in [0.05, 0.1) is 12.5 Å². The van der Waals surface area contributed by atoms with E-state index in [2.05, 4.69) is 5.32 Å². The molecule has 1 aromatic rings. The third kappa shape index (κ3) is 3.81. The Bertz CT molecular complexity index is 353. The number of carbonyl (C=O) groups excluding carboxylic acids is 1. The molecule has 0 fully saturated rings. The van der Waals surface area contributed by atoms with Crippen LogP contribution in [-0.4, -0.2) is 19.1 Å². The van der Waals surface area contributed by atoms with Gasteiger partial charge in [-0.3, -0.25) is 4.79 Å². The highest BCUT2D eigenvalue weighted by Gasteiger charge is 2.07. The summed E-state index contributed by atoms with van der Waals surface area (Å²) in [6.45, 7) is 4.91. The van der Waals surface area contributed by atoms with Crippen LogP contribution in [0.15, 0.2) is 24.3 Å². The van der Waals surface area contributed by atoms with E-state index in [1.54, 1.807) is 6.92 Å². The van der Waals surface area contributed by atoms with Gasteiger partial charge in [-0.05, 0) is 19.1 Å². The first-order valence-electron chi connectivity index (χ1n) is 5.39. The van der Waals surface area contributed by atoms with Crippen molar-refractivity contribution in [1.29, 1.82) is 0 Å². The molecule has 0 aromatic heterocycles. The number of benzene rings is 1. The normalized spacial score (nSPS) is 11.9. The number of amides is 1.